The maximum absolute atomic E-state index is 12.9. The Morgan fingerprint density at radius 1 is 0.970 bits per heavy atom. The Kier molecular flexibility index (Phi) is 6.88. The highest BCUT2D eigenvalue weighted by atomic mass is 16.2. The summed E-state index contributed by atoms with van der Waals surface area (Å²) in [6, 6.07) is 18.0. The van der Waals surface area contributed by atoms with E-state index in [0.29, 0.717) is 39.1 Å². The summed E-state index contributed by atoms with van der Waals surface area (Å²) in [5, 5.41) is 4.82. The van der Waals surface area contributed by atoms with Crippen LogP contribution < -0.4 is 5.73 Å². The number of aryl methyl sites for hydroxylation is 1. The second kappa shape index (κ2) is 10.2. The molecule has 33 heavy (non-hydrogen) atoms. The molecule has 0 radical (unpaired) electrons. The molecule has 1 fully saturated rings. The maximum Gasteiger partial charge on any atom is 0.314 e. The summed E-state index contributed by atoms with van der Waals surface area (Å²) >= 11 is 0. The first-order valence-corrected chi connectivity index (χ1v) is 11.2. The third-order valence-corrected chi connectivity index (χ3v) is 5.83. The summed E-state index contributed by atoms with van der Waals surface area (Å²) in [6.07, 6.45) is 6.12. The van der Waals surface area contributed by atoms with Gasteiger partial charge in [-0.3, -0.25) is 9.48 Å². The van der Waals surface area contributed by atoms with Crippen LogP contribution in [0.25, 0.3) is 17.3 Å². The van der Waals surface area contributed by atoms with E-state index in [1.807, 2.05) is 35.2 Å². The smallest absolute Gasteiger partial charge is 0.314 e. The number of aromatic nitrogens is 2. The summed E-state index contributed by atoms with van der Waals surface area (Å²) in [4.78, 5) is 27.7. The molecule has 3 amide bonds. The molecule has 170 valence electrons. The molecule has 2 N–H and O–H groups in total. The number of benzene rings is 2. The lowest BCUT2D eigenvalue weighted by Gasteiger charge is -2.19. The zero-order chi connectivity index (χ0) is 23.2. The highest BCUT2D eigenvalue weighted by Crippen LogP contribution is 2.24. The number of hydrogen-bond donors (Lipinski definition) is 1. The van der Waals surface area contributed by atoms with Gasteiger partial charge in [0.1, 0.15) is 0 Å². The lowest BCUT2D eigenvalue weighted by atomic mass is 10.1. The molecule has 7 nitrogen and oxygen atoms in total. The van der Waals surface area contributed by atoms with Gasteiger partial charge in [0.15, 0.2) is 0 Å². The van der Waals surface area contributed by atoms with Crippen LogP contribution in [0.3, 0.4) is 0 Å². The third kappa shape index (κ3) is 5.68. The zero-order valence-electron chi connectivity index (χ0n) is 18.9. The van der Waals surface area contributed by atoms with Gasteiger partial charge in [0.05, 0.1) is 12.2 Å². The molecule has 2 heterocycles. The number of carbonyl (C=O) groups is 2. The summed E-state index contributed by atoms with van der Waals surface area (Å²) in [5.74, 6) is -0.0769. The van der Waals surface area contributed by atoms with Gasteiger partial charge in [-0.1, -0.05) is 60.2 Å². The molecule has 2 aromatic carbocycles. The molecule has 0 unspecified atom stereocenters. The van der Waals surface area contributed by atoms with E-state index in [1.165, 1.54) is 5.56 Å². The summed E-state index contributed by atoms with van der Waals surface area (Å²) in [7, 11) is 0. The molecule has 1 aromatic heterocycles. The fraction of sp³-hybridized carbons (Fsp3) is 0.269. The van der Waals surface area contributed by atoms with Gasteiger partial charge in [-0.2, -0.15) is 5.10 Å². The molecule has 7 heteroatoms. The zero-order valence-corrected chi connectivity index (χ0v) is 18.9. The minimum Gasteiger partial charge on any atom is -0.351 e. The Balaban J connectivity index is 1.56. The largest absolute Gasteiger partial charge is 0.351 e. The fourth-order valence-electron chi connectivity index (χ4n) is 3.97. The summed E-state index contributed by atoms with van der Waals surface area (Å²) < 4.78 is 1.91. The van der Waals surface area contributed by atoms with Gasteiger partial charge in [0.25, 0.3) is 0 Å². The lowest BCUT2D eigenvalue weighted by molar-refractivity contribution is -0.125. The minimum absolute atomic E-state index is 0.0769. The predicted octanol–water partition coefficient (Wildman–Crippen LogP) is 3.53. The molecule has 3 aromatic rings. The van der Waals surface area contributed by atoms with E-state index in [1.54, 1.807) is 15.9 Å². The highest BCUT2D eigenvalue weighted by Gasteiger charge is 2.19. The van der Waals surface area contributed by atoms with Gasteiger partial charge in [-0.25, -0.2) is 4.79 Å². The van der Waals surface area contributed by atoms with Crippen LogP contribution in [0.1, 0.15) is 23.1 Å². The fourth-order valence-corrected chi connectivity index (χ4v) is 3.97. The van der Waals surface area contributed by atoms with Crippen LogP contribution in [0.15, 0.2) is 66.9 Å². The Bertz CT molecular complexity index is 1140. The van der Waals surface area contributed by atoms with Crippen LogP contribution >= 0.6 is 0 Å². The number of rotatable bonds is 5. The number of primary amides is 1. The Labute approximate surface area is 194 Å². The van der Waals surface area contributed by atoms with Gasteiger partial charge in [0.2, 0.25) is 5.91 Å². The van der Waals surface area contributed by atoms with E-state index in [2.05, 4.69) is 43.3 Å². The maximum atomic E-state index is 12.9. The first-order valence-electron chi connectivity index (χ1n) is 11.2. The van der Waals surface area contributed by atoms with Crippen molar-refractivity contribution < 1.29 is 9.59 Å². The van der Waals surface area contributed by atoms with E-state index in [-0.39, 0.29) is 5.91 Å². The molecule has 0 aliphatic carbocycles. The average molecular weight is 444 g/mol. The second-order valence-electron chi connectivity index (χ2n) is 8.32. The van der Waals surface area contributed by atoms with Crippen molar-refractivity contribution in [1.29, 1.82) is 0 Å². The van der Waals surface area contributed by atoms with E-state index in [9.17, 15) is 9.59 Å². The molecular weight excluding hydrogens is 414 g/mol. The quantitative estimate of drug-likeness (QED) is 0.612. The number of hydrogen-bond acceptors (Lipinski definition) is 3. The van der Waals surface area contributed by atoms with Crippen LogP contribution in [0.2, 0.25) is 0 Å². The first kappa shape index (κ1) is 22.3. The van der Waals surface area contributed by atoms with Crippen LogP contribution in [0, 0.1) is 6.92 Å². The number of carbonyl (C=O) groups excluding carboxylic acids is 2. The molecule has 1 aliphatic heterocycles. The normalized spacial score (nSPS) is 14.5. The van der Waals surface area contributed by atoms with Gasteiger partial charge < -0.3 is 15.5 Å². The van der Waals surface area contributed by atoms with E-state index < -0.39 is 6.03 Å². The molecule has 0 spiro atoms. The van der Waals surface area contributed by atoms with Crippen molar-refractivity contribution in [3.63, 3.8) is 0 Å². The number of nitrogens with zero attached hydrogens (tertiary/aromatic N) is 4. The van der Waals surface area contributed by atoms with Crippen LogP contribution in [-0.4, -0.2) is 57.7 Å². The molecule has 0 saturated carbocycles. The molecule has 0 bridgehead atoms. The van der Waals surface area contributed by atoms with Crippen molar-refractivity contribution in [2.45, 2.75) is 19.9 Å². The molecule has 1 aliphatic rings. The van der Waals surface area contributed by atoms with Crippen molar-refractivity contribution in [1.82, 2.24) is 19.6 Å². The summed E-state index contributed by atoms with van der Waals surface area (Å²) in [6.45, 7) is 4.81. The molecule has 4 rings (SSSR count). The van der Waals surface area contributed by atoms with E-state index in [0.717, 1.165) is 22.4 Å². The van der Waals surface area contributed by atoms with Crippen molar-refractivity contribution in [3.05, 3.63) is 83.6 Å². The molecular formula is C26H29N5O2. The van der Waals surface area contributed by atoms with Gasteiger partial charge >= 0.3 is 6.03 Å². The average Bonchev–Trinajstić information content (AvgIpc) is 3.03. The lowest BCUT2D eigenvalue weighted by Crippen LogP contribution is -2.39. The molecule has 1 saturated heterocycles. The Morgan fingerprint density at radius 2 is 1.67 bits per heavy atom. The minimum atomic E-state index is -0.437. The monoisotopic (exact) mass is 443 g/mol. The molecule has 0 atom stereocenters. The van der Waals surface area contributed by atoms with Crippen molar-refractivity contribution in [3.8, 4) is 11.3 Å². The van der Waals surface area contributed by atoms with E-state index >= 15 is 0 Å². The second-order valence-corrected chi connectivity index (χ2v) is 8.32. The standard InChI is InChI=1S/C26H29N5O2/c1-20-8-10-22(11-9-20)25-23(19-31(28-25)18-21-6-3-2-4-7-21)12-13-24(32)29-14-5-15-30(17-16-29)26(27)33/h2-4,6-13,19H,5,14-18H2,1H3,(H2,27,33). The topological polar surface area (TPSA) is 84.5 Å². The first-order chi connectivity index (χ1) is 16.0. The van der Waals surface area contributed by atoms with Crippen LogP contribution in [-0.2, 0) is 11.3 Å². The predicted molar refractivity (Wildman–Crippen MR) is 129 cm³/mol. The van der Waals surface area contributed by atoms with Crippen molar-refractivity contribution in [2.24, 2.45) is 5.73 Å². The SMILES string of the molecule is Cc1ccc(-c2nn(Cc3ccccc3)cc2C=CC(=O)N2CCCN(C(N)=O)CC2)cc1. The van der Waals surface area contributed by atoms with E-state index in [4.69, 9.17) is 10.8 Å². The van der Waals surface area contributed by atoms with Crippen molar-refractivity contribution >= 4 is 18.0 Å². The summed E-state index contributed by atoms with van der Waals surface area (Å²) in [5.41, 5.74) is 10.5. The number of urea groups is 1. The Hall–Kier alpha value is -3.87. The van der Waals surface area contributed by atoms with Crippen molar-refractivity contribution in [2.75, 3.05) is 26.2 Å². The van der Waals surface area contributed by atoms with Crippen LogP contribution in [0.4, 0.5) is 4.79 Å². The number of amides is 3. The number of nitrogens with two attached hydrogens (primary N) is 1. The highest BCUT2D eigenvalue weighted by molar-refractivity contribution is 5.93. The van der Waals surface area contributed by atoms with Gasteiger partial charge in [-0.15, -0.1) is 0 Å². The van der Waals surface area contributed by atoms with Gasteiger partial charge in [0, 0.05) is 49.6 Å². The van der Waals surface area contributed by atoms with Gasteiger partial charge in [-0.05, 0) is 25.0 Å². The third-order valence-electron chi connectivity index (χ3n) is 5.83. The Morgan fingerprint density at radius 3 is 2.39 bits per heavy atom. The van der Waals surface area contributed by atoms with Crippen LogP contribution in [0.5, 0.6) is 0 Å².